The molecule has 3 heterocycles. The number of carbonyl (C=O) groups is 1. The lowest BCUT2D eigenvalue weighted by molar-refractivity contribution is 0.0673. The lowest BCUT2D eigenvalue weighted by Gasteiger charge is -2.27. The second-order valence-corrected chi connectivity index (χ2v) is 7.55. The molecule has 2 fully saturated rings. The summed E-state index contributed by atoms with van der Waals surface area (Å²) < 4.78 is 1.76. The zero-order valence-corrected chi connectivity index (χ0v) is 15.7. The van der Waals surface area contributed by atoms with Crippen molar-refractivity contribution in [2.75, 3.05) is 13.1 Å². The number of fused-ring (bicyclic) bond motifs is 2. The van der Waals surface area contributed by atoms with Gasteiger partial charge in [0.15, 0.2) is 5.69 Å². The highest BCUT2D eigenvalue weighted by Gasteiger charge is 2.40. The second-order valence-electron chi connectivity index (χ2n) is 7.12. The van der Waals surface area contributed by atoms with Crippen LogP contribution < -0.4 is 5.32 Å². The quantitative estimate of drug-likeness (QED) is 0.895. The summed E-state index contributed by atoms with van der Waals surface area (Å²) in [7, 11) is 0. The first kappa shape index (κ1) is 17.5. The van der Waals surface area contributed by atoms with Gasteiger partial charge in [0, 0.05) is 23.7 Å². The maximum Gasteiger partial charge on any atom is 0.276 e. The highest BCUT2D eigenvalue weighted by Crippen LogP contribution is 2.30. The molecule has 1 aromatic heterocycles. The van der Waals surface area contributed by atoms with Crippen molar-refractivity contribution in [1.82, 2.24) is 25.2 Å². The van der Waals surface area contributed by atoms with Gasteiger partial charge in [0.05, 0.1) is 11.4 Å². The molecule has 0 spiro atoms. The standard InChI is InChI=1S/C19H24ClN5O/c1-2-4-17-18(22-23-25(17)15-6-3-5-13(20)11-15)19(26)24-14-7-8-16(24)12-21-10-9-14/h3,5-6,11,14,16,21H,2,4,7-10,12H2,1H3. The Balaban J connectivity index is 1.71. The monoisotopic (exact) mass is 373 g/mol. The number of rotatable bonds is 4. The predicted molar refractivity (Wildman–Crippen MR) is 101 cm³/mol. The molecule has 4 rings (SSSR count). The Morgan fingerprint density at radius 3 is 2.96 bits per heavy atom. The van der Waals surface area contributed by atoms with E-state index < -0.39 is 0 Å². The van der Waals surface area contributed by atoms with E-state index in [4.69, 9.17) is 11.6 Å². The average Bonchev–Trinajstić information content (AvgIpc) is 3.14. The van der Waals surface area contributed by atoms with E-state index in [0.29, 0.717) is 16.8 Å². The molecule has 26 heavy (non-hydrogen) atoms. The minimum absolute atomic E-state index is 0.0259. The minimum Gasteiger partial charge on any atom is -0.330 e. The molecular weight excluding hydrogens is 350 g/mol. The molecule has 2 aliphatic heterocycles. The molecule has 138 valence electrons. The number of carbonyl (C=O) groups excluding carboxylic acids is 1. The number of nitrogens with zero attached hydrogens (tertiary/aromatic N) is 4. The normalized spacial score (nSPS) is 22.5. The van der Waals surface area contributed by atoms with Crippen LogP contribution in [0.25, 0.3) is 5.69 Å². The Morgan fingerprint density at radius 1 is 1.31 bits per heavy atom. The summed E-state index contributed by atoms with van der Waals surface area (Å²) in [5.74, 6) is 0.0259. The van der Waals surface area contributed by atoms with Crippen LogP contribution in [0.5, 0.6) is 0 Å². The van der Waals surface area contributed by atoms with Gasteiger partial charge in [-0.25, -0.2) is 4.68 Å². The Kier molecular flexibility index (Phi) is 4.96. The van der Waals surface area contributed by atoms with Gasteiger partial charge in [-0.05, 0) is 50.4 Å². The number of benzene rings is 1. The molecule has 0 aliphatic carbocycles. The SMILES string of the molecule is CCCc1c(C(=O)N2C3CCNCC2CC3)nnn1-c1cccc(Cl)c1. The highest BCUT2D eigenvalue weighted by atomic mass is 35.5. The van der Waals surface area contributed by atoms with Crippen LogP contribution in [-0.4, -0.2) is 51.0 Å². The fourth-order valence-electron chi connectivity index (χ4n) is 4.18. The zero-order valence-electron chi connectivity index (χ0n) is 15.0. The largest absolute Gasteiger partial charge is 0.330 e. The van der Waals surface area contributed by atoms with Crippen LogP contribution in [0.4, 0.5) is 0 Å². The third-order valence-electron chi connectivity index (χ3n) is 5.39. The molecule has 2 bridgehead atoms. The van der Waals surface area contributed by atoms with E-state index in [1.165, 1.54) is 0 Å². The molecule has 2 atom stereocenters. The molecule has 6 nitrogen and oxygen atoms in total. The van der Waals surface area contributed by atoms with Gasteiger partial charge < -0.3 is 10.2 Å². The Labute approximate surface area is 158 Å². The molecule has 0 radical (unpaired) electrons. The first-order valence-corrected chi connectivity index (χ1v) is 9.80. The van der Waals surface area contributed by atoms with E-state index in [1.807, 2.05) is 24.3 Å². The molecule has 2 aromatic rings. The van der Waals surface area contributed by atoms with Gasteiger partial charge >= 0.3 is 0 Å². The smallest absolute Gasteiger partial charge is 0.276 e. The van der Waals surface area contributed by atoms with Crippen LogP contribution in [-0.2, 0) is 6.42 Å². The van der Waals surface area contributed by atoms with Crippen molar-refractivity contribution in [3.05, 3.63) is 40.7 Å². The van der Waals surface area contributed by atoms with E-state index in [0.717, 1.165) is 56.6 Å². The summed E-state index contributed by atoms with van der Waals surface area (Å²) >= 11 is 6.14. The van der Waals surface area contributed by atoms with Gasteiger partial charge in [-0.1, -0.05) is 36.2 Å². The Hall–Kier alpha value is -1.92. The topological polar surface area (TPSA) is 63.1 Å². The number of amides is 1. The summed E-state index contributed by atoms with van der Waals surface area (Å²) in [5.41, 5.74) is 2.20. The lowest BCUT2D eigenvalue weighted by atomic mass is 10.1. The Bertz CT molecular complexity index is 791. The number of halogens is 1. The molecule has 0 saturated carbocycles. The van der Waals surface area contributed by atoms with E-state index in [1.54, 1.807) is 4.68 Å². The fourth-order valence-corrected chi connectivity index (χ4v) is 4.36. The lowest BCUT2D eigenvalue weighted by Crippen LogP contribution is -2.43. The van der Waals surface area contributed by atoms with Crippen molar-refractivity contribution in [2.45, 2.75) is 51.1 Å². The van der Waals surface area contributed by atoms with Gasteiger partial charge in [-0.3, -0.25) is 4.79 Å². The van der Waals surface area contributed by atoms with Crippen molar-refractivity contribution < 1.29 is 4.79 Å². The van der Waals surface area contributed by atoms with Crippen LogP contribution in [0.15, 0.2) is 24.3 Å². The van der Waals surface area contributed by atoms with Crippen LogP contribution in [0.1, 0.15) is 48.8 Å². The first-order chi connectivity index (χ1) is 12.7. The van der Waals surface area contributed by atoms with Gasteiger partial charge in [0.25, 0.3) is 5.91 Å². The molecule has 1 aromatic carbocycles. The Morgan fingerprint density at radius 2 is 2.15 bits per heavy atom. The summed E-state index contributed by atoms with van der Waals surface area (Å²) in [6.45, 7) is 3.94. The summed E-state index contributed by atoms with van der Waals surface area (Å²) in [6, 6.07) is 8.08. The van der Waals surface area contributed by atoms with Crippen LogP contribution in [0.3, 0.4) is 0 Å². The molecule has 2 aliphatic rings. The van der Waals surface area contributed by atoms with Crippen molar-refractivity contribution in [3.8, 4) is 5.69 Å². The highest BCUT2D eigenvalue weighted by molar-refractivity contribution is 6.30. The number of hydrogen-bond acceptors (Lipinski definition) is 4. The third-order valence-corrected chi connectivity index (χ3v) is 5.63. The van der Waals surface area contributed by atoms with E-state index in [-0.39, 0.29) is 11.9 Å². The molecule has 1 amide bonds. The van der Waals surface area contributed by atoms with Crippen LogP contribution in [0, 0.1) is 0 Å². The van der Waals surface area contributed by atoms with E-state index in [2.05, 4.69) is 27.5 Å². The molecule has 2 unspecified atom stereocenters. The summed E-state index contributed by atoms with van der Waals surface area (Å²) in [4.78, 5) is 15.4. The maximum absolute atomic E-state index is 13.4. The first-order valence-electron chi connectivity index (χ1n) is 9.43. The summed E-state index contributed by atoms with van der Waals surface area (Å²) in [6.07, 6.45) is 4.83. The second kappa shape index (κ2) is 7.37. The van der Waals surface area contributed by atoms with Crippen molar-refractivity contribution in [2.24, 2.45) is 0 Å². The molecular formula is C19H24ClN5O. The third kappa shape index (κ3) is 3.12. The van der Waals surface area contributed by atoms with Crippen molar-refractivity contribution >= 4 is 17.5 Å². The van der Waals surface area contributed by atoms with Gasteiger partial charge in [0.1, 0.15) is 0 Å². The van der Waals surface area contributed by atoms with Crippen LogP contribution >= 0.6 is 11.6 Å². The van der Waals surface area contributed by atoms with Gasteiger partial charge in [0.2, 0.25) is 0 Å². The van der Waals surface area contributed by atoms with Crippen molar-refractivity contribution in [3.63, 3.8) is 0 Å². The summed E-state index contributed by atoms with van der Waals surface area (Å²) in [5, 5.41) is 12.7. The maximum atomic E-state index is 13.4. The fraction of sp³-hybridized carbons (Fsp3) is 0.526. The number of nitrogens with one attached hydrogen (secondary N) is 1. The molecule has 7 heteroatoms. The van der Waals surface area contributed by atoms with E-state index >= 15 is 0 Å². The zero-order chi connectivity index (χ0) is 18.1. The number of hydrogen-bond donors (Lipinski definition) is 1. The predicted octanol–water partition coefficient (Wildman–Crippen LogP) is 2.84. The van der Waals surface area contributed by atoms with Crippen LogP contribution in [0.2, 0.25) is 5.02 Å². The number of aromatic nitrogens is 3. The van der Waals surface area contributed by atoms with Gasteiger partial charge in [-0.2, -0.15) is 0 Å². The minimum atomic E-state index is 0.0259. The molecule has 1 N–H and O–H groups in total. The van der Waals surface area contributed by atoms with Crippen molar-refractivity contribution in [1.29, 1.82) is 0 Å². The molecule has 2 saturated heterocycles. The van der Waals surface area contributed by atoms with Gasteiger partial charge in [-0.15, -0.1) is 5.10 Å². The average molecular weight is 374 g/mol. The van der Waals surface area contributed by atoms with E-state index in [9.17, 15) is 4.79 Å².